The standard InChI is InChI=1S/C12H11ClN2O2/c1-7-2-3-8(13)6-9(7)10-4-5-11(17-10)12(16)15-14/h2-6H,14H2,1H3,(H,15,16). The molecule has 0 spiro atoms. The largest absolute Gasteiger partial charge is 0.451 e. The van der Waals surface area contributed by atoms with Gasteiger partial charge in [0, 0.05) is 10.6 Å². The normalized spacial score (nSPS) is 10.3. The molecule has 0 bridgehead atoms. The predicted octanol–water partition coefficient (Wildman–Crippen LogP) is 2.51. The van der Waals surface area contributed by atoms with Crippen LogP contribution in [-0.4, -0.2) is 5.91 Å². The Labute approximate surface area is 103 Å². The first-order valence-corrected chi connectivity index (χ1v) is 5.37. The number of rotatable bonds is 2. The molecule has 17 heavy (non-hydrogen) atoms. The third-order valence-corrected chi connectivity index (χ3v) is 2.66. The van der Waals surface area contributed by atoms with Crippen LogP contribution >= 0.6 is 11.6 Å². The maximum absolute atomic E-state index is 11.3. The number of benzene rings is 1. The zero-order valence-corrected chi connectivity index (χ0v) is 9.91. The number of amides is 1. The van der Waals surface area contributed by atoms with E-state index in [1.165, 1.54) is 0 Å². The molecule has 5 heteroatoms. The second-order valence-electron chi connectivity index (χ2n) is 3.60. The fourth-order valence-electron chi connectivity index (χ4n) is 1.54. The Kier molecular flexibility index (Phi) is 3.17. The summed E-state index contributed by atoms with van der Waals surface area (Å²) in [4.78, 5) is 11.3. The Morgan fingerprint density at radius 3 is 2.82 bits per heavy atom. The van der Waals surface area contributed by atoms with Crippen LogP contribution in [0.15, 0.2) is 34.7 Å². The lowest BCUT2D eigenvalue weighted by molar-refractivity contribution is 0.0927. The van der Waals surface area contributed by atoms with E-state index in [2.05, 4.69) is 0 Å². The van der Waals surface area contributed by atoms with Crippen molar-refractivity contribution in [1.82, 2.24) is 5.43 Å². The van der Waals surface area contributed by atoms with Gasteiger partial charge in [0.1, 0.15) is 5.76 Å². The van der Waals surface area contributed by atoms with Gasteiger partial charge in [0.25, 0.3) is 0 Å². The molecule has 0 saturated carbocycles. The van der Waals surface area contributed by atoms with E-state index in [1.807, 2.05) is 18.4 Å². The van der Waals surface area contributed by atoms with Crippen LogP contribution in [0.5, 0.6) is 0 Å². The molecule has 0 fully saturated rings. The van der Waals surface area contributed by atoms with Crippen LogP contribution in [0, 0.1) is 6.92 Å². The number of nitrogen functional groups attached to an aromatic ring is 1. The van der Waals surface area contributed by atoms with Crippen LogP contribution < -0.4 is 11.3 Å². The predicted molar refractivity (Wildman–Crippen MR) is 65.5 cm³/mol. The van der Waals surface area contributed by atoms with Gasteiger partial charge in [0.2, 0.25) is 0 Å². The average molecular weight is 251 g/mol. The Morgan fingerprint density at radius 2 is 2.12 bits per heavy atom. The zero-order chi connectivity index (χ0) is 12.4. The number of furan rings is 1. The minimum atomic E-state index is -0.462. The van der Waals surface area contributed by atoms with Crippen molar-refractivity contribution < 1.29 is 9.21 Å². The van der Waals surface area contributed by atoms with E-state index in [0.717, 1.165) is 11.1 Å². The van der Waals surface area contributed by atoms with Crippen molar-refractivity contribution in [2.75, 3.05) is 0 Å². The van der Waals surface area contributed by atoms with Gasteiger partial charge in [-0.15, -0.1) is 0 Å². The average Bonchev–Trinajstić information content (AvgIpc) is 2.80. The molecule has 2 rings (SSSR count). The van der Waals surface area contributed by atoms with Crippen molar-refractivity contribution >= 4 is 17.5 Å². The Bertz CT molecular complexity index is 563. The molecule has 2 aromatic rings. The van der Waals surface area contributed by atoms with E-state index in [0.29, 0.717) is 10.8 Å². The fraction of sp³-hybridized carbons (Fsp3) is 0.0833. The molecule has 3 N–H and O–H groups in total. The summed E-state index contributed by atoms with van der Waals surface area (Å²) < 4.78 is 5.41. The molecule has 1 aromatic heterocycles. The maximum Gasteiger partial charge on any atom is 0.300 e. The first-order valence-electron chi connectivity index (χ1n) is 4.99. The summed E-state index contributed by atoms with van der Waals surface area (Å²) in [7, 11) is 0. The number of carbonyl (C=O) groups excluding carboxylic acids is 1. The number of hydrogen-bond donors (Lipinski definition) is 2. The lowest BCUT2D eigenvalue weighted by atomic mass is 10.1. The van der Waals surface area contributed by atoms with E-state index >= 15 is 0 Å². The van der Waals surface area contributed by atoms with Crippen molar-refractivity contribution in [3.05, 3.63) is 46.7 Å². The van der Waals surface area contributed by atoms with Gasteiger partial charge in [-0.3, -0.25) is 10.2 Å². The highest BCUT2D eigenvalue weighted by Gasteiger charge is 2.12. The summed E-state index contributed by atoms with van der Waals surface area (Å²) in [5, 5.41) is 0.617. The minimum Gasteiger partial charge on any atom is -0.451 e. The highest BCUT2D eigenvalue weighted by Crippen LogP contribution is 2.28. The van der Waals surface area contributed by atoms with Crippen LogP contribution in [0.1, 0.15) is 16.1 Å². The summed E-state index contributed by atoms with van der Waals surface area (Å²) in [6.45, 7) is 1.94. The van der Waals surface area contributed by atoms with Crippen LogP contribution in [0.3, 0.4) is 0 Å². The second kappa shape index (κ2) is 4.61. The lowest BCUT2D eigenvalue weighted by Crippen LogP contribution is -2.29. The zero-order valence-electron chi connectivity index (χ0n) is 9.16. The minimum absolute atomic E-state index is 0.168. The van der Waals surface area contributed by atoms with Crippen molar-refractivity contribution in [2.24, 2.45) is 5.84 Å². The van der Waals surface area contributed by atoms with E-state index in [4.69, 9.17) is 21.9 Å². The summed E-state index contributed by atoms with van der Waals surface area (Å²) in [5.74, 6) is 5.32. The highest BCUT2D eigenvalue weighted by molar-refractivity contribution is 6.30. The van der Waals surface area contributed by atoms with Gasteiger partial charge < -0.3 is 4.42 Å². The van der Waals surface area contributed by atoms with Crippen LogP contribution in [0.25, 0.3) is 11.3 Å². The van der Waals surface area contributed by atoms with Gasteiger partial charge in [-0.05, 0) is 36.8 Å². The number of nitrogens with two attached hydrogens (primary N) is 1. The molecular formula is C12H11ClN2O2. The van der Waals surface area contributed by atoms with E-state index in [1.54, 1.807) is 24.3 Å². The van der Waals surface area contributed by atoms with Crippen molar-refractivity contribution in [2.45, 2.75) is 6.92 Å². The first kappa shape index (κ1) is 11.7. The summed E-state index contributed by atoms with van der Waals surface area (Å²) in [6, 6.07) is 8.76. The number of hydrogen-bond acceptors (Lipinski definition) is 3. The third kappa shape index (κ3) is 2.33. The molecule has 1 heterocycles. The van der Waals surface area contributed by atoms with Gasteiger partial charge >= 0.3 is 5.91 Å². The molecule has 0 aliphatic carbocycles. The number of halogens is 1. The molecular weight excluding hydrogens is 240 g/mol. The Hall–Kier alpha value is -1.78. The van der Waals surface area contributed by atoms with E-state index < -0.39 is 5.91 Å². The molecule has 0 unspecified atom stereocenters. The fourth-order valence-corrected chi connectivity index (χ4v) is 1.71. The van der Waals surface area contributed by atoms with Gasteiger partial charge in [0.15, 0.2) is 5.76 Å². The van der Waals surface area contributed by atoms with Crippen LogP contribution in [-0.2, 0) is 0 Å². The summed E-state index contributed by atoms with van der Waals surface area (Å²) >= 11 is 5.92. The Balaban J connectivity index is 2.43. The molecule has 88 valence electrons. The van der Waals surface area contributed by atoms with Gasteiger partial charge in [-0.1, -0.05) is 17.7 Å². The molecule has 1 amide bonds. The second-order valence-corrected chi connectivity index (χ2v) is 4.03. The van der Waals surface area contributed by atoms with Crippen molar-refractivity contribution in [1.29, 1.82) is 0 Å². The first-order chi connectivity index (χ1) is 8.11. The molecule has 0 atom stereocenters. The summed E-state index contributed by atoms with van der Waals surface area (Å²) in [6.07, 6.45) is 0. The number of nitrogens with one attached hydrogen (secondary N) is 1. The molecule has 0 aliphatic heterocycles. The van der Waals surface area contributed by atoms with Crippen LogP contribution in [0.2, 0.25) is 5.02 Å². The lowest BCUT2D eigenvalue weighted by Gasteiger charge is -2.02. The van der Waals surface area contributed by atoms with E-state index in [-0.39, 0.29) is 5.76 Å². The molecule has 0 aliphatic rings. The molecule has 0 radical (unpaired) electrons. The quantitative estimate of drug-likeness (QED) is 0.489. The third-order valence-electron chi connectivity index (χ3n) is 2.43. The van der Waals surface area contributed by atoms with Gasteiger partial charge in [-0.25, -0.2) is 5.84 Å². The van der Waals surface area contributed by atoms with Gasteiger partial charge in [0.05, 0.1) is 0 Å². The smallest absolute Gasteiger partial charge is 0.300 e. The van der Waals surface area contributed by atoms with Crippen molar-refractivity contribution in [3.8, 4) is 11.3 Å². The topological polar surface area (TPSA) is 68.3 Å². The van der Waals surface area contributed by atoms with Crippen molar-refractivity contribution in [3.63, 3.8) is 0 Å². The number of carbonyl (C=O) groups is 1. The number of aryl methyl sites for hydroxylation is 1. The highest BCUT2D eigenvalue weighted by atomic mass is 35.5. The Morgan fingerprint density at radius 1 is 1.35 bits per heavy atom. The molecule has 4 nitrogen and oxygen atoms in total. The molecule has 0 saturated heterocycles. The number of hydrazine groups is 1. The van der Waals surface area contributed by atoms with Gasteiger partial charge in [-0.2, -0.15) is 0 Å². The maximum atomic E-state index is 11.3. The molecule has 1 aromatic carbocycles. The monoisotopic (exact) mass is 250 g/mol. The summed E-state index contributed by atoms with van der Waals surface area (Å²) in [5.41, 5.74) is 3.89. The van der Waals surface area contributed by atoms with E-state index in [9.17, 15) is 4.79 Å². The SMILES string of the molecule is Cc1ccc(Cl)cc1-c1ccc(C(=O)NN)o1. The van der Waals surface area contributed by atoms with Crippen LogP contribution in [0.4, 0.5) is 0 Å².